The molecule has 0 aromatic rings. The molecule has 0 aliphatic heterocycles. The number of hydrogen-bond donors (Lipinski definition) is 0. The molecule has 0 aliphatic carbocycles. The van der Waals surface area contributed by atoms with Gasteiger partial charge in [0.25, 0.3) is 0 Å². The van der Waals surface area contributed by atoms with Gasteiger partial charge in [0.2, 0.25) is 0 Å². The Bertz CT molecular complexity index is 102. The minimum Gasteiger partial charge on any atom is -0.287 e. The Labute approximate surface area is 62.1 Å². The highest BCUT2D eigenvalue weighted by molar-refractivity contribution is 6.20. The van der Waals surface area contributed by atoms with Crippen molar-refractivity contribution in [3.05, 3.63) is 0 Å². The summed E-state index contributed by atoms with van der Waals surface area (Å²) in [6.07, 6.45) is -5.58. The van der Waals surface area contributed by atoms with Crippen LogP contribution in [-0.4, -0.2) is 17.8 Å². The van der Waals surface area contributed by atoms with Crippen molar-refractivity contribution < 1.29 is 17.9 Å². The summed E-state index contributed by atoms with van der Waals surface area (Å²) >= 11 is 5.31. The second kappa shape index (κ2) is 3.44. The molecule has 0 rings (SSSR count). The van der Waals surface area contributed by atoms with Gasteiger partial charge in [-0.1, -0.05) is 0 Å². The summed E-state index contributed by atoms with van der Waals surface area (Å²) in [6.45, 7) is 2.71. The van der Waals surface area contributed by atoms with Crippen LogP contribution in [-0.2, 0) is 4.74 Å². The van der Waals surface area contributed by atoms with Gasteiger partial charge >= 0.3 is 6.36 Å². The zero-order chi connectivity index (χ0) is 8.36. The van der Waals surface area contributed by atoms with Crippen LogP contribution >= 0.6 is 11.6 Å². The molecule has 62 valence electrons. The smallest absolute Gasteiger partial charge is 0.287 e. The maximum Gasteiger partial charge on any atom is 0.522 e. The van der Waals surface area contributed by atoms with Gasteiger partial charge in [0.05, 0.1) is 11.5 Å². The molecule has 0 saturated carbocycles. The molecule has 0 aromatic heterocycles. The van der Waals surface area contributed by atoms with Crippen LogP contribution < -0.4 is 0 Å². The van der Waals surface area contributed by atoms with E-state index in [0.29, 0.717) is 0 Å². The molecule has 5 heteroatoms. The van der Waals surface area contributed by atoms with Gasteiger partial charge in [-0.3, -0.25) is 4.74 Å². The fourth-order valence-corrected chi connectivity index (χ4v) is 0.356. The second-order valence-electron chi connectivity index (χ2n) is 1.95. The maximum absolute atomic E-state index is 11.4. The number of halogens is 4. The summed E-state index contributed by atoms with van der Waals surface area (Å²) in [7, 11) is 0. The fourth-order valence-electron chi connectivity index (χ4n) is 0.305. The van der Waals surface area contributed by atoms with E-state index in [1.54, 1.807) is 0 Å². The lowest BCUT2D eigenvalue weighted by Gasteiger charge is -2.16. The first-order valence-electron chi connectivity index (χ1n) is 2.71. The van der Waals surface area contributed by atoms with Crippen molar-refractivity contribution in [2.75, 3.05) is 0 Å². The predicted octanol–water partition coefficient (Wildman–Crippen LogP) is 2.54. The van der Waals surface area contributed by atoms with E-state index in [4.69, 9.17) is 11.6 Å². The van der Waals surface area contributed by atoms with E-state index in [9.17, 15) is 13.2 Å². The van der Waals surface area contributed by atoms with Crippen molar-refractivity contribution in [3.63, 3.8) is 0 Å². The number of rotatable bonds is 2. The molecule has 0 aromatic carbocycles. The fraction of sp³-hybridized carbons (Fsp3) is 1.00. The molecule has 2 atom stereocenters. The first kappa shape index (κ1) is 10.0. The average molecular weight is 177 g/mol. The molecule has 0 heterocycles. The highest BCUT2D eigenvalue weighted by atomic mass is 35.5. The van der Waals surface area contributed by atoms with E-state index in [1.807, 2.05) is 0 Å². The molecule has 0 saturated heterocycles. The van der Waals surface area contributed by atoms with Gasteiger partial charge in [-0.25, -0.2) is 0 Å². The topological polar surface area (TPSA) is 9.23 Å². The van der Waals surface area contributed by atoms with Crippen molar-refractivity contribution in [1.82, 2.24) is 0 Å². The van der Waals surface area contributed by atoms with Crippen LogP contribution in [0.5, 0.6) is 0 Å². The van der Waals surface area contributed by atoms with Gasteiger partial charge in [-0.15, -0.1) is 24.8 Å². The van der Waals surface area contributed by atoms with Gasteiger partial charge in [0.15, 0.2) is 0 Å². The van der Waals surface area contributed by atoms with Crippen molar-refractivity contribution >= 4 is 11.6 Å². The monoisotopic (exact) mass is 176 g/mol. The maximum atomic E-state index is 11.4. The zero-order valence-corrected chi connectivity index (χ0v) is 6.33. The standard InChI is InChI=1S/C5H8ClF3O/c1-3(6)4(2)10-5(7,8)9/h3-4H,1-2H3/t3-,4?/m1/s1. The van der Waals surface area contributed by atoms with Crippen LogP contribution in [0.15, 0.2) is 0 Å². The Kier molecular flexibility index (Phi) is 3.45. The lowest BCUT2D eigenvalue weighted by molar-refractivity contribution is -0.340. The van der Waals surface area contributed by atoms with Gasteiger partial charge in [-0.05, 0) is 13.8 Å². The molecule has 0 bridgehead atoms. The van der Waals surface area contributed by atoms with Gasteiger partial charge in [0, 0.05) is 0 Å². The zero-order valence-electron chi connectivity index (χ0n) is 5.57. The normalized spacial score (nSPS) is 18.6. The van der Waals surface area contributed by atoms with E-state index in [2.05, 4.69) is 4.74 Å². The van der Waals surface area contributed by atoms with Crippen LogP contribution in [0.1, 0.15) is 13.8 Å². The third-order valence-corrected chi connectivity index (χ3v) is 1.32. The Hall–Kier alpha value is 0.0400. The van der Waals surface area contributed by atoms with Gasteiger partial charge in [0.1, 0.15) is 0 Å². The molecular formula is C5H8ClF3O. The minimum absolute atomic E-state index is 0.637. The van der Waals surface area contributed by atoms with Crippen molar-refractivity contribution in [2.24, 2.45) is 0 Å². The average Bonchev–Trinajstić information content (AvgIpc) is 1.60. The van der Waals surface area contributed by atoms with Crippen LogP contribution in [0, 0.1) is 0 Å². The largest absolute Gasteiger partial charge is 0.522 e. The Balaban J connectivity index is 3.68. The molecular weight excluding hydrogens is 169 g/mol. The van der Waals surface area contributed by atoms with Crippen molar-refractivity contribution in [3.8, 4) is 0 Å². The molecule has 0 fully saturated rings. The van der Waals surface area contributed by atoms with Crippen molar-refractivity contribution in [2.45, 2.75) is 31.7 Å². The molecule has 10 heavy (non-hydrogen) atoms. The summed E-state index contributed by atoms with van der Waals surface area (Å²) in [4.78, 5) is 0. The number of alkyl halides is 4. The summed E-state index contributed by atoms with van der Waals surface area (Å²) in [5.41, 5.74) is 0. The summed E-state index contributed by atoms with van der Waals surface area (Å²) in [6, 6.07) is 0. The van der Waals surface area contributed by atoms with Crippen molar-refractivity contribution in [1.29, 1.82) is 0 Å². The van der Waals surface area contributed by atoms with E-state index >= 15 is 0 Å². The lowest BCUT2D eigenvalue weighted by Crippen LogP contribution is -2.26. The van der Waals surface area contributed by atoms with E-state index in [-0.39, 0.29) is 0 Å². The first-order chi connectivity index (χ1) is 4.33. The minimum atomic E-state index is -4.58. The molecule has 0 aliphatic rings. The molecule has 1 nitrogen and oxygen atoms in total. The summed E-state index contributed by atoms with van der Waals surface area (Å²) in [5, 5.41) is -0.637. The Morgan fingerprint density at radius 2 is 1.70 bits per heavy atom. The van der Waals surface area contributed by atoms with Crippen LogP contribution in [0.25, 0.3) is 0 Å². The predicted molar refractivity (Wildman–Crippen MR) is 31.9 cm³/mol. The molecule has 0 radical (unpaired) electrons. The summed E-state index contributed by atoms with van der Waals surface area (Å²) < 4.78 is 37.7. The van der Waals surface area contributed by atoms with Crippen LogP contribution in [0.2, 0.25) is 0 Å². The van der Waals surface area contributed by atoms with E-state index in [1.165, 1.54) is 13.8 Å². The third kappa shape index (κ3) is 4.88. The van der Waals surface area contributed by atoms with Crippen LogP contribution in [0.3, 0.4) is 0 Å². The summed E-state index contributed by atoms with van der Waals surface area (Å²) in [5.74, 6) is 0. The van der Waals surface area contributed by atoms with E-state index in [0.717, 1.165) is 0 Å². The quantitative estimate of drug-likeness (QED) is 0.588. The number of ether oxygens (including phenoxy) is 1. The highest BCUT2D eigenvalue weighted by Crippen LogP contribution is 2.21. The number of hydrogen-bond acceptors (Lipinski definition) is 1. The molecule has 0 spiro atoms. The molecule has 1 unspecified atom stereocenters. The van der Waals surface area contributed by atoms with E-state index < -0.39 is 17.8 Å². The first-order valence-corrected chi connectivity index (χ1v) is 3.15. The third-order valence-electron chi connectivity index (χ3n) is 0.966. The SMILES string of the molecule is CC(OC(F)(F)F)[C@@H](C)Cl. The molecule has 0 N–H and O–H groups in total. The van der Waals surface area contributed by atoms with Gasteiger partial charge < -0.3 is 0 Å². The highest BCUT2D eigenvalue weighted by Gasteiger charge is 2.33. The Morgan fingerprint density at radius 1 is 1.30 bits per heavy atom. The van der Waals surface area contributed by atoms with Gasteiger partial charge in [-0.2, -0.15) is 0 Å². The second-order valence-corrected chi connectivity index (χ2v) is 2.63. The Morgan fingerprint density at radius 3 is 1.80 bits per heavy atom. The lowest BCUT2D eigenvalue weighted by atomic mass is 10.3. The molecule has 0 amide bonds. The van der Waals surface area contributed by atoms with Crippen LogP contribution in [0.4, 0.5) is 13.2 Å².